The molecule has 1 heterocycles. The van der Waals surface area contributed by atoms with Gasteiger partial charge in [0.05, 0.1) is 19.4 Å². The second kappa shape index (κ2) is 8.06. The molecule has 0 radical (unpaired) electrons. The minimum Gasteiger partial charge on any atom is -0.496 e. The Morgan fingerprint density at radius 1 is 1.19 bits per heavy atom. The van der Waals surface area contributed by atoms with Crippen LogP contribution < -0.4 is 4.74 Å². The van der Waals surface area contributed by atoms with Crippen LogP contribution in [0.3, 0.4) is 0 Å². The van der Waals surface area contributed by atoms with E-state index in [1.165, 1.54) is 0 Å². The Bertz CT molecular complexity index is 917. The standard InChI is InChI=1S/C20H19ClN2O3/c1-3-16(22-12-14-6-4-5-7-17(14)25-2)18-20(24)26-19(23-18)13-8-10-15(21)11-9-13/h4-11,24H,3,12H2,1-2H3. The molecule has 2 aromatic carbocycles. The molecule has 3 aromatic rings. The molecule has 6 heteroatoms. The van der Waals surface area contributed by atoms with E-state index in [1.54, 1.807) is 31.4 Å². The topological polar surface area (TPSA) is 67.9 Å². The molecule has 134 valence electrons. The second-order valence-corrected chi connectivity index (χ2v) is 6.04. The maximum atomic E-state index is 10.2. The number of halogens is 1. The second-order valence-electron chi connectivity index (χ2n) is 5.61. The Morgan fingerprint density at radius 2 is 1.92 bits per heavy atom. The first-order valence-corrected chi connectivity index (χ1v) is 8.61. The van der Waals surface area contributed by atoms with E-state index in [0.29, 0.717) is 35.3 Å². The van der Waals surface area contributed by atoms with E-state index in [-0.39, 0.29) is 5.95 Å². The van der Waals surface area contributed by atoms with Gasteiger partial charge in [-0.3, -0.25) is 4.99 Å². The molecule has 0 amide bonds. The maximum absolute atomic E-state index is 10.2. The third-order valence-corrected chi connectivity index (χ3v) is 4.19. The molecule has 0 atom stereocenters. The van der Waals surface area contributed by atoms with E-state index in [9.17, 15) is 5.11 Å². The van der Waals surface area contributed by atoms with Gasteiger partial charge in [0.25, 0.3) is 0 Å². The summed E-state index contributed by atoms with van der Waals surface area (Å²) in [5, 5.41) is 10.8. The molecule has 0 saturated carbocycles. The number of aliphatic imine (C=N–C) groups is 1. The highest BCUT2D eigenvalue weighted by Crippen LogP contribution is 2.28. The number of para-hydroxylation sites is 1. The van der Waals surface area contributed by atoms with Crippen LogP contribution in [0.25, 0.3) is 11.5 Å². The highest BCUT2D eigenvalue weighted by Gasteiger charge is 2.18. The van der Waals surface area contributed by atoms with Crippen LogP contribution in [0.2, 0.25) is 5.02 Å². The van der Waals surface area contributed by atoms with Crippen LogP contribution in [-0.2, 0) is 6.54 Å². The lowest BCUT2D eigenvalue weighted by atomic mass is 10.2. The van der Waals surface area contributed by atoms with Crippen molar-refractivity contribution < 1.29 is 14.3 Å². The average molecular weight is 371 g/mol. The number of aromatic nitrogens is 1. The number of oxazole rings is 1. The van der Waals surface area contributed by atoms with E-state index in [4.69, 9.17) is 20.8 Å². The van der Waals surface area contributed by atoms with E-state index in [1.807, 2.05) is 31.2 Å². The normalized spacial score (nSPS) is 11.6. The van der Waals surface area contributed by atoms with Gasteiger partial charge in [0, 0.05) is 16.1 Å². The molecule has 5 nitrogen and oxygen atoms in total. The zero-order chi connectivity index (χ0) is 18.5. The van der Waals surface area contributed by atoms with Crippen molar-refractivity contribution in [3.8, 4) is 23.1 Å². The minimum atomic E-state index is -0.240. The maximum Gasteiger partial charge on any atom is 0.312 e. The highest BCUT2D eigenvalue weighted by atomic mass is 35.5. The van der Waals surface area contributed by atoms with Crippen molar-refractivity contribution in [3.63, 3.8) is 0 Å². The van der Waals surface area contributed by atoms with Gasteiger partial charge in [0.2, 0.25) is 5.89 Å². The number of rotatable bonds is 6. The molecule has 0 aliphatic heterocycles. The first kappa shape index (κ1) is 18.0. The van der Waals surface area contributed by atoms with Crippen molar-refractivity contribution >= 4 is 17.3 Å². The molecule has 0 aliphatic rings. The summed E-state index contributed by atoms with van der Waals surface area (Å²) in [5.74, 6) is 0.862. The number of hydrogen-bond acceptors (Lipinski definition) is 5. The SMILES string of the molecule is CCC(=NCc1ccccc1OC)c1nc(-c2ccc(Cl)cc2)oc1O. The fraction of sp³-hybridized carbons (Fsp3) is 0.200. The van der Waals surface area contributed by atoms with Gasteiger partial charge in [-0.15, -0.1) is 0 Å². The van der Waals surface area contributed by atoms with Gasteiger partial charge >= 0.3 is 5.95 Å². The lowest BCUT2D eigenvalue weighted by molar-refractivity contribution is 0.336. The predicted molar refractivity (Wildman–Crippen MR) is 102 cm³/mol. The summed E-state index contributed by atoms with van der Waals surface area (Å²) in [6, 6.07) is 14.8. The van der Waals surface area contributed by atoms with E-state index < -0.39 is 0 Å². The molecule has 0 fully saturated rings. The number of hydrogen-bond donors (Lipinski definition) is 1. The monoisotopic (exact) mass is 370 g/mol. The number of benzene rings is 2. The van der Waals surface area contributed by atoms with Crippen molar-refractivity contribution in [1.29, 1.82) is 0 Å². The van der Waals surface area contributed by atoms with Gasteiger partial charge in [0.1, 0.15) is 5.75 Å². The van der Waals surface area contributed by atoms with Gasteiger partial charge < -0.3 is 14.3 Å². The molecule has 3 rings (SSSR count). The van der Waals surface area contributed by atoms with Crippen molar-refractivity contribution in [1.82, 2.24) is 4.98 Å². The van der Waals surface area contributed by atoms with Crippen molar-refractivity contribution in [3.05, 3.63) is 64.8 Å². The van der Waals surface area contributed by atoms with Crippen LogP contribution in [0.4, 0.5) is 0 Å². The molecular formula is C20H19ClN2O3. The molecule has 0 bridgehead atoms. The van der Waals surface area contributed by atoms with Crippen LogP contribution in [0.1, 0.15) is 24.6 Å². The Morgan fingerprint density at radius 3 is 2.62 bits per heavy atom. The van der Waals surface area contributed by atoms with Crippen LogP contribution in [0, 0.1) is 0 Å². The fourth-order valence-corrected chi connectivity index (χ4v) is 2.71. The number of ether oxygens (including phenoxy) is 1. The third-order valence-electron chi connectivity index (χ3n) is 3.94. The molecule has 0 aliphatic carbocycles. The first-order chi connectivity index (χ1) is 12.6. The Labute approximate surface area is 156 Å². The molecule has 0 saturated heterocycles. The van der Waals surface area contributed by atoms with Crippen molar-refractivity contribution in [2.24, 2.45) is 4.99 Å². The van der Waals surface area contributed by atoms with Gasteiger partial charge in [-0.05, 0) is 36.8 Å². The molecule has 26 heavy (non-hydrogen) atoms. The Hall–Kier alpha value is -2.79. The predicted octanol–water partition coefficient (Wildman–Crippen LogP) is 5.11. The summed E-state index contributed by atoms with van der Waals surface area (Å²) in [6.07, 6.45) is 0.606. The quantitative estimate of drug-likeness (QED) is 0.612. The van der Waals surface area contributed by atoms with Crippen LogP contribution >= 0.6 is 11.6 Å². The van der Waals surface area contributed by atoms with Crippen molar-refractivity contribution in [2.75, 3.05) is 7.11 Å². The zero-order valence-electron chi connectivity index (χ0n) is 14.6. The lowest BCUT2D eigenvalue weighted by Gasteiger charge is -2.06. The van der Waals surface area contributed by atoms with Gasteiger partial charge in [-0.2, -0.15) is 0 Å². The summed E-state index contributed by atoms with van der Waals surface area (Å²) >= 11 is 5.90. The van der Waals surface area contributed by atoms with E-state index in [2.05, 4.69) is 9.98 Å². The summed E-state index contributed by atoms with van der Waals surface area (Å²) in [6.45, 7) is 2.38. The number of nitrogens with zero attached hydrogens (tertiary/aromatic N) is 2. The molecule has 0 spiro atoms. The summed E-state index contributed by atoms with van der Waals surface area (Å²) < 4.78 is 10.8. The summed E-state index contributed by atoms with van der Waals surface area (Å²) in [5.41, 5.74) is 2.71. The van der Waals surface area contributed by atoms with Gasteiger partial charge in [-0.1, -0.05) is 36.7 Å². The van der Waals surface area contributed by atoms with E-state index in [0.717, 1.165) is 16.9 Å². The zero-order valence-corrected chi connectivity index (χ0v) is 15.3. The van der Waals surface area contributed by atoms with Gasteiger partial charge in [-0.25, -0.2) is 4.98 Å². The Kier molecular flexibility index (Phi) is 5.58. The minimum absolute atomic E-state index is 0.240. The van der Waals surface area contributed by atoms with Crippen LogP contribution in [0.5, 0.6) is 11.7 Å². The molecule has 1 aromatic heterocycles. The highest BCUT2D eigenvalue weighted by molar-refractivity contribution is 6.30. The van der Waals surface area contributed by atoms with Crippen LogP contribution in [0.15, 0.2) is 57.9 Å². The van der Waals surface area contributed by atoms with Crippen molar-refractivity contribution in [2.45, 2.75) is 19.9 Å². The summed E-state index contributed by atoms with van der Waals surface area (Å²) in [7, 11) is 1.63. The van der Waals surface area contributed by atoms with Crippen LogP contribution in [-0.4, -0.2) is 22.9 Å². The molecule has 1 N–H and O–H groups in total. The number of methoxy groups -OCH3 is 1. The smallest absolute Gasteiger partial charge is 0.312 e. The largest absolute Gasteiger partial charge is 0.496 e. The first-order valence-electron chi connectivity index (χ1n) is 8.23. The fourth-order valence-electron chi connectivity index (χ4n) is 2.58. The average Bonchev–Trinajstić information content (AvgIpc) is 3.05. The third kappa shape index (κ3) is 3.89. The number of aromatic hydroxyl groups is 1. The summed E-state index contributed by atoms with van der Waals surface area (Å²) in [4.78, 5) is 9.02. The van der Waals surface area contributed by atoms with E-state index >= 15 is 0 Å². The molecular weight excluding hydrogens is 352 g/mol. The Balaban J connectivity index is 1.89. The molecule has 0 unspecified atom stereocenters. The van der Waals surface area contributed by atoms with Gasteiger partial charge in [0.15, 0.2) is 5.69 Å². The lowest BCUT2D eigenvalue weighted by Crippen LogP contribution is -2.02.